The molecule has 2 N–H and O–H groups in total. The third-order valence-electron chi connectivity index (χ3n) is 10.2. The summed E-state index contributed by atoms with van der Waals surface area (Å²) in [6, 6.07) is 10.0. The van der Waals surface area contributed by atoms with Gasteiger partial charge in [-0.2, -0.15) is 0 Å². The number of nitrogens with one attached hydrogen (secondary N) is 2. The van der Waals surface area contributed by atoms with Crippen molar-refractivity contribution in [2.75, 3.05) is 62.0 Å². The van der Waals surface area contributed by atoms with E-state index in [1.54, 1.807) is 18.1 Å². The number of piperazine rings is 1. The Labute approximate surface area is 268 Å². The van der Waals surface area contributed by atoms with Crippen molar-refractivity contribution in [3.05, 3.63) is 35.9 Å². The van der Waals surface area contributed by atoms with Crippen LogP contribution in [-0.4, -0.2) is 97.6 Å². The van der Waals surface area contributed by atoms with E-state index in [0.29, 0.717) is 29.6 Å². The number of hydrogen-bond donors (Lipinski definition) is 2. The summed E-state index contributed by atoms with van der Waals surface area (Å²) in [6.07, 6.45) is 7.89. The highest BCUT2D eigenvalue weighted by atomic mass is 16.5. The van der Waals surface area contributed by atoms with Gasteiger partial charge in [0.05, 0.1) is 18.5 Å². The number of fused-ring (bicyclic) bond motifs is 1. The number of likely N-dealkylation sites (N-methyl/N-ethyl adjacent to an activating group) is 1. The smallest absolute Gasteiger partial charge is 0.251 e. The van der Waals surface area contributed by atoms with Crippen LogP contribution in [0.4, 0.5) is 23.0 Å². The minimum atomic E-state index is -0.250. The van der Waals surface area contributed by atoms with Crippen molar-refractivity contribution >= 4 is 34.8 Å². The largest absolute Gasteiger partial charge is 0.495 e. The lowest BCUT2D eigenvalue weighted by molar-refractivity contribution is -0.120. The third-order valence-corrected chi connectivity index (χ3v) is 10.2. The molecule has 1 aromatic heterocycles. The molecule has 1 atom stereocenters. The highest BCUT2D eigenvalue weighted by molar-refractivity contribution is 6.04. The van der Waals surface area contributed by atoms with E-state index in [4.69, 9.17) is 9.72 Å². The predicted molar refractivity (Wildman–Crippen MR) is 180 cm³/mol. The van der Waals surface area contributed by atoms with Crippen molar-refractivity contribution in [2.24, 2.45) is 5.92 Å². The zero-order valence-corrected chi connectivity index (χ0v) is 27.7. The average Bonchev–Trinajstić information content (AvgIpc) is 3.87. The number of nitrogens with zero attached hydrogens (tertiary/aromatic N) is 5. The molecule has 4 aliphatic rings. The van der Waals surface area contributed by atoms with Gasteiger partial charge in [0.2, 0.25) is 5.91 Å². The summed E-state index contributed by atoms with van der Waals surface area (Å²) in [6.45, 7) is 12.3. The van der Waals surface area contributed by atoms with E-state index in [9.17, 15) is 9.59 Å². The Morgan fingerprint density at radius 1 is 1.02 bits per heavy atom. The molecule has 3 fully saturated rings. The first-order valence-electron chi connectivity index (χ1n) is 17.0. The van der Waals surface area contributed by atoms with Crippen molar-refractivity contribution in [1.82, 2.24) is 20.1 Å². The molecule has 2 aliphatic carbocycles. The molecule has 2 aliphatic heterocycles. The summed E-state index contributed by atoms with van der Waals surface area (Å²) < 4.78 is 5.71. The summed E-state index contributed by atoms with van der Waals surface area (Å²) in [5, 5.41) is 6.67. The van der Waals surface area contributed by atoms with Gasteiger partial charge in [-0.15, -0.1) is 0 Å². The predicted octanol–water partition coefficient (Wildman–Crippen LogP) is 4.87. The van der Waals surface area contributed by atoms with Gasteiger partial charge in [0.25, 0.3) is 5.91 Å². The van der Waals surface area contributed by atoms with Gasteiger partial charge in [-0.25, -0.2) is 4.98 Å². The lowest BCUT2D eigenvalue weighted by Gasteiger charge is -2.42. The molecule has 10 heteroatoms. The first-order valence-corrected chi connectivity index (χ1v) is 17.0. The number of anilines is 4. The van der Waals surface area contributed by atoms with Crippen LogP contribution in [0.25, 0.3) is 0 Å². The van der Waals surface area contributed by atoms with E-state index in [1.807, 2.05) is 38.2 Å². The van der Waals surface area contributed by atoms with Gasteiger partial charge in [-0.05, 0) is 95.0 Å². The molecular formula is C35H51N7O3. The lowest BCUT2D eigenvalue weighted by atomic mass is 9.89. The molecule has 6 rings (SSSR count). The van der Waals surface area contributed by atoms with Crippen molar-refractivity contribution < 1.29 is 14.3 Å². The molecule has 3 heterocycles. The van der Waals surface area contributed by atoms with Crippen LogP contribution in [0.2, 0.25) is 0 Å². The number of hydrogen-bond acceptors (Lipinski definition) is 8. The molecular weight excluding hydrogens is 566 g/mol. The van der Waals surface area contributed by atoms with E-state index in [1.165, 1.54) is 45.6 Å². The van der Waals surface area contributed by atoms with Crippen LogP contribution in [0.5, 0.6) is 5.75 Å². The highest BCUT2D eigenvalue weighted by Crippen LogP contribution is 2.38. The molecule has 0 unspecified atom stereocenters. The van der Waals surface area contributed by atoms with Crippen LogP contribution in [0.15, 0.2) is 30.3 Å². The SMILES string of the molecule is CC[C@@H]1C(=O)N(C)c2ccc(Nc3ccc(C(=O)N[C@H]4CC[C@H](N5CCN(CC6CC6)CC5)CC4)cc3OC)nc2N1C(C)C. The Morgan fingerprint density at radius 2 is 1.76 bits per heavy atom. The molecule has 2 aromatic rings. The number of rotatable bonds is 10. The molecule has 45 heavy (non-hydrogen) atoms. The van der Waals surface area contributed by atoms with Crippen LogP contribution < -0.4 is 25.2 Å². The second-order valence-corrected chi connectivity index (χ2v) is 13.7. The zero-order chi connectivity index (χ0) is 31.7. The van der Waals surface area contributed by atoms with Gasteiger partial charge in [0.1, 0.15) is 17.6 Å². The minimum Gasteiger partial charge on any atom is -0.495 e. The molecule has 0 bridgehead atoms. The minimum absolute atomic E-state index is 0.0604. The maximum Gasteiger partial charge on any atom is 0.251 e. The van der Waals surface area contributed by atoms with Crippen LogP contribution in [0, 0.1) is 5.92 Å². The standard InChI is InChI=1S/C35H51N7O3/c1-6-29-35(44)39(4)30-15-16-32(38-33(30)42(29)23(2)3)37-28-14-9-25(21-31(28)45-5)34(43)36-26-10-12-27(13-11-26)41-19-17-40(18-20-41)22-24-7-8-24/h9,14-16,21,23-24,26-27,29H,6-8,10-13,17-20,22H2,1-5H3,(H,36,43)(H,37,38)/t26-,27-,29-/m1/s1. The second kappa shape index (κ2) is 13.5. The Morgan fingerprint density at radius 3 is 2.40 bits per heavy atom. The number of pyridine rings is 1. The summed E-state index contributed by atoms with van der Waals surface area (Å²) in [5.74, 6) is 3.00. The Balaban J connectivity index is 1.06. The topological polar surface area (TPSA) is 93.3 Å². The molecule has 10 nitrogen and oxygen atoms in total. The molecule has 1 saturated heterocycles. The number of methoxy groups -OCH3 is 1. The fraction of sp³-hybridized carbons (Fsp3) is 0.629. The molecule has 1 aromatic carbocycles. The fourth-order valence-electron chi connectivity index (χ4n) is 7.45. The van der Waals surface area contributed by atoms with Crippen LogP contribution >= 0.6 is 0 Å². The van der Waals surface area contributed by atoms with Gasteiger partial charge in [0, 0.05) is 63.5 Å². The normalized spacial score (nSPS) is 24.5. The molecule has 0 spiro atoms. The van der Waals surface area contributed by atoms with E-state index < -0.39 is 0 Å². The van der Waals surface area contributed by atoms with E-state index in [2.05, 4.69) is 39.2 Å². The highest BCUT2D eigenvalue weighted by Gasteiger charge is 2.38. The molecule has 244 valence electrons. The molecule has 2 saturated carbocycles. The first kappa shape index (κ1) is 31.6. The van der Waals surface area contributed by atoms with Crippen molar-refractivity contribution in [2.45, 2.75) is 89.9 Å². The number of carbonyl (C=O) groups excluding carboxylic acids is 2. The number of ether oxygens (including phenoxy) is 1. The summed E-state index contributed by atoms with van der Waals surface area (Å²) in [5.41, 5.74) is 2.10. The quantitative estimate of drug-likeness (QED) is 0.390. The maximum absolute atomic E-state index is 13.3. The Kier molecular flexibility index (Phi) is 9.52. The zero-order valence-electron chi connectivity index (χ0n) is 27.7. The second-order valence-electron chi connectivity index (χ2n) is 13.7. The number of benzene rings is 1. The van der Waals surface area contributed by atoms with Crippen molar-refractivity contribution in [3.63, 3.8) is 0 Å². The fourth-order valence-corrected chi connectivity index (χ4v) is 7.45. The average molecular weight is 618 g/mol. The number of aromatic nitrogens is 1. The van der Waals surface area contributed by atoms with E-state index in [-0.39, 0.29) is 29.9 Å². The monoisotopic (exact) mass is 617 g/mol. The van der Waals surface area contributed by atoms with Crippen molar-refractivity contribution in [1.29, 1.82) is 0 Å². The van der Waals surface area contributed by atoms with Crippen LogP contribution in [0.1, 0.15) is 76.1 Å². The van der Waals surface area contributed by atoms with Gasteiger partial charge in [0.15, 0.2) is 5.82 Å². The van der Waals surface area contributed by atoms with Gasteiger partial charge >= 0.3 is 0 Å². The summed E-state index contributed by atoms with van der Waals surface area (Å²) in [7, 11) is 3.43. The first-order chi connectivity index (χ1) is 21.7. The Bertz CT molecular complexity index is 1360. The van der Waals surface area contributed by atoms with E-state index >= 15 is 0 Å². The Hall–Kier alpha value is -3.37. The maximum atomic E-state index is 13.3. The summed E-state index contributed by atoms with van der Waals surface area (Å²) >= 11 is 0. The van der Waals surface area contributed by atoms with Gasteiger partial charge in [-0.3, -0.25) is 14.5 Å². The van der Waals surface area contributed by atoms with Crippen LogP contribution in [-0.2, 0) is 4.79 Å². The molecule has 2 amide bonds. The van der Waals surface area contributed by atoms with E-state index in [0.717, 1.165) is 48.8 Å². The molecule has 0 radical (unpaired) electrons. The van der Waals surface area contributed by atoms with Gasteiger partial charge in [-0.1, -0.05) is 6.92 Å². The number of carbonyl (C=O) groups is 2. The lowest BCUT2D eigenvalue weighted by Crippen LogP contribution is -2.54. The third kappa shape index (κ3) is 6.92. The number of amides is 2. The van der Waals surface area contributed by atoms with Gasteiger partial charge < -0.3 is 30.1 Å². The summed E-state index contributed by atoms with van der Waals surface area (Å²) in [4.78, 5) is 40.4. The van der Waals surface area contributed by atoms with Crippen LogP contribution in [0.3, 0.4) is 0 Å². The van der Waals surface area contributed by atoms with Crippen molar-refractivity contribution in [3.8, 4) is 5.75 Å².